The zero-order valence-corrected chi connectivity index (χ0v) is 13.2. The first kappa shape index (κ1) is 14.3. The summed E-state index contributed by atoms with van der Waals surface area (Å²) in [6.07, 6.45) is 8.96. The van der Waals surface area contributed by atoms with Crippen LogP contribution in [0, 0.1) is 11.8 Å². The van der Waals surface area contributed by atoms with Gasteiger partial charge in [0.1, 0.15) is 5.76 Å². The molecule has 3 atom stereocenters. The SMILES string of the molecule is O=C(NC1CCC2CCCC21)c1ccc(CN2CCCC2)o1. The van der Waals surface area contributed by atoms with Gasteiger partial charge in [0.25, 0.3) is 5.91 Å². The minimum absolute atomic E-state index is 0.0229. The van der Waals surface area contributed by atoms with E-state index in [0.717, 1.165) is 37.7 Å². The first-order valence-electron chi connectivity index (χ1n) is 8.91. The number of fused-ring (bicyclic) bond motifs is 1. The molecule has 3 fully saturated rings. The van der Waals surface area contributed by atoms with Crippen molar-refractivity contribution in [3.05, 3.63) is 23.7 Å². The molecular formula is C18H26N2O2. The molecule has 3 unspecified atom stereocenters. The minimum Gasteiger partial charge on any atom is -0.455 e. The molecule has 0 radical (unpaired) electrons. The number of rotatable bonds is 4. The molecule has 2 aliphatic carbocycles. The van der Waals surface area contributed by atoms with E-state index in [1.165, 1.54) is 38.5 Å². The number of nitrogens with zero attached hydrogens (tertiary/aromatic N) is 1. The third kappa shape index (κ3) is 2.81. The molecule has 1 saturated heterocycles. The smallest absolute Gasteiger partial charge is 0.287 e. The summed E-state index contributed by atoms with van der Waals surface area (Å²) in [4.78, 5) is 14.8. The van der Waals surface area contributed by atoms with Gasteiger partial charge in [0.05, 0.1) is 6.54 Å². The second-order valence-corrected chi connectivity index (χ2v) is 7.26. The quantitative estimate of drug-likeness (QED) is 0.929. The molecule has 0 spiro atoms. The molecule has 1 N–H and O–H groups in total. The Hall–Kier alpha value is -1.29. The topological polar surface area (TPSA) is 45.5 Å². The van der Waals surface area contributed by atoms with Gasteiger partial charge in [0.2, 0.25) is 0 Å². The van der Waals surface area contributed by atoms with E-state index in [4.69, 9.17) is 4.42 Å². The zero-order valence-electron chi connectivity index (χ0n) is 13.2. The molecule has 4 rings (SSSR count). The Labute approximate surface area is 132 Å². The van der Waals surface area contributed by atoms with Crippen LogP contribution in [-0.2, 0) is 6.54 Å². The summed E-state index contributed by atoms with van der Waals surface area (Å²) < 4.78 is 5.78. The normalized spacial score (nSPS) is 31.5. The Balaban J connectivity index is 1.35. The van der Waals surface area contributed by atoms with Gasteiger partial charge in [-0.15, -0.1) is 0 Å². The van der Waals surface area contributed by atoms with Crippen molar-refractivity contribution in [3.63, 3.8) is 0 Å². The number of carbonyl (C=O) groups excluding carboxylic acids is 1. The Morgan fingerprint density at radius 2 is 2.00 bits per heavy atom. The molecule has 120 valence electrons. The maximum absolute atomic E-state index is 12.4. The molecule has 2 heterocycles. The van der Waals surface area contributed by atoms with Crippen LogP contribution in [0.1, 0.15) is 61.3 Å². The lowest BCUT2D eigenvalue weighted by Gasteiger charge is -2.19. The number of hydrogen-bond donors (Lipinski definition) is 1. The molecule has 0 bridgehead atoms. The van der Waals surface area contributed by atoms with Crippen molar-refractivity contribution in [1.29, 1.82) is 0 Å². The fourth-order valence-corrected chi connectivity index (χ4v) is 4.73. The van der Waals surface area contributed by atoms with Gasteiger partial charge in [-0.05, 0) is 69.2 Å². The molecule has 4 nitrogen and oxygen atoms in total. The third-order valence-electron chi connectivity index (χ3n) is 5.86. The van der Waals surface area contributed by atoms with E-state index in [1.807, 2.05) is 12.1 Å². The molecular weight excluding hydrogens is 276 g/mol. The van der Waals surface area contributed by atoms with Crippen LogP contribution in [0.3, 0.4) is 0 Å². The summed E-state index contributed by atoms with van der Waals surface area (Å²) in [5, 5.41) is 3.23. The second kappa shape index (κ2) is 6.07. The Morgan fingerprint density at radius 3 is 2.86 bits per heavy atom. The number of likely N-dealkylation sites (tertiary alicyclic amines) is 1. The Bertz CT molecular complexity index is 533. The van der Waals surface area contributed by atoms with Gasteiger partial charge < -0.3 is 9.73 Å². The van der Waals surface area contributed by atoms with E-state index in [1.54, 1.807) is 0 Å². The highest BCUT2D eigenvalue weighted by Crippen LogP contribution is 2.44. The Kier molecular flexibility index (Phi) is 3.95. The summed E-state index contributed by atoms with van der Waals surface area (Å²) in [6, 6.07) is 4.16. The number of hydrogen-bond acceptors (Lipinski definition) is 3. The van der Waals surface area contributed by atoms with E-state index in [0.29, 0.717) is 17.7 Å². The van der Waals surface area contributed by atoms with E-state index in [-0.39, 0.29) is 5.91 Å². The van der Waals surface area contributed by atoms with E-state index < -0.39 is 0 Å². The standard InChI is InChI=1S/C18H26N2O2/c21-18(19-16-8-6-13-4-3-5-15(13)16)17-9-7-14(22-17)12-20-10-1-2-11-20/h7,9,13,15-16H,1-6,8,10-12H2,(H,19,21). The molecule has 4 heteroatoms. The van der Waals surface area contributed by atoms with Crippen LogP contribution in [0.25, 0.3) is 0 Å². The zero-order chi connectivity index (χ0) is 14.9. The van der Waals surface area contributed by atoms with Crippen LogP contribution in [0.4, 0.5) is 0 Å². The van der Waals surface area contributed by atoms with Gasteiger partial charge in [-0.1, -0.05) is 12.8 Å². The molecule has 1 aromatic heterocycles. The van der Waals surface area contributed by atoms with Crippen LogP contribution < -0.4 is 5.32 Å². The van der Waals surface area contributed by atoms with Gasteiger partial charge in [-0.25, -0.2) is 0 Å². The molecule has 1 amide bonds. The van der Waals surface area contributed by atoms with Crippen molar-refractivity contribution in [2.45, 2.75) is 57.5 Å². The molecule has 0 aromatic carbocycles. The maximum Gasteiger partial charge on any atom is 0.287 e. The monoisotopic (exact) mass is 302 g/mol. The lowest BCUT2D eigenvalue weighted by atomic mass is 9.97. The largest absolute Gasteiger partial charge is 0.455 e. The number of amides is 1. The number of nitrogens with one attached hydrogen (secondary N) is 1. The average Bonchev–Trinajstić information content (AvgIpc) is 3.24. The van der Waals surface area contributed by atoms with Crippen molar-refractivity contribution in [2.24, 2.45) is 11.8 Å². The highest BCUT2D eigenvalue weighted by molar-refractivity contribution is 5.91. The lowest BCUT2D eigenvalue weighted by molar-refractivity contribution is 0.0894. The fourth-order valence-electron chi connectivity index (χ4n) is 4.73. The van der Waals surface area contributed by atoms with Crippen molar-refractivity contribution >= 4 is 5.91 Å². The highest BCUT2D eigenvalue weighted by Gasteiger charge is 2.39. The van der Waals surface area contributed by atoms with E-state index in [9.17, 15) is 4.79 Å². The first-order chi connectivity index (χ1) is 10.8. The van der Waals surface area contributed by atoms with Gasteiger partial charge in [0.15, 0.2) is 5.76 Å². The van der Waals surface area contributed by atoms with Crippen LogP contribution >= 0.6 is 0 Å². The van der Waals surface area contributed by atoms with Gasteiger partial charge in [0, 0.05) is 6.04 Å². The minimum atomic E-state index is -0.0229. The summed E-state index contributed by atoms with van der Waals surface area (Å²) in [5.74, 6) is 2.94. The Morgan fingerprint density at radius 1 is 1.14 bits per heavy atom. The molecule has 3 aliphatic rings. The van der Waals surface area contributed by atoms with E-state index >= 15 is 0 Å². The van der Waals surface area contributed by atoms with Crippen molar-refractivity contribution < 1.29 is 9.21 Å². The van der Waals surface area contributed by atoms with Crippen LogP contribution in [-0.4, -0.2) is 29.9 Å². The molecule has 1 aliphatic heterocycles. The highest BCUT2D eigenvalue weighted by atomic mass is 16.4. The average molecular weight is 302 g/mol. The van der Waals surface area contributed by atoms with Gasteiger partial charge in [-0.3, -0.25) is 9.69 Å². The fraction of sp³-hybridized carbons (Fsp3) is 0.722. The summed E-state index contributed by atoms with van der Waals surface area (Å²) in [7, 11) is 0. The molecule has 2 saturated carbocycles. The van der Waals surface area contributed by atoms with Gasteiger partial charge in [-0.2, -0.15) is 0 Å². The van der Waals surface area contributed by atoms with Crippen LogP contribution in [0.2, 0.25) is 0 Å². The summed E-state index contributed by atoms with van der Waals surface area (Å²) >= 11 is 0. The predicted molar refractivity (Wildman–Crippen MR) is 84.5 cm³/mol. The lowest BCUT2D eigenvalue weighted by Crippen LogP contribution is -2.37. The first-order valence-corrected chi connectivity index (χ1v) is 8.91. The van der Waals surface area contributed by atoms with E-state index in [2.05, 4.69) is 10.2 Å². The molecule has 22 heavy (non-hydrogen) atoms. The summed E-state index contributed by atoms with van der Waals surface area (Å²) in [6.45, 7) is 3.13. The maximum atomic E-state index is 12.4. The summed E-state index contributed by atoms with van der Waals surface area (Å²) in [5.41, 5.74) is 0. The van der Waals surface area contributed by atoms with Crippen LogP contribution in [0.15, 0.2) is 16.5 Å². The molecule has 1 aromatic rings. The number of furan rings is 1. The van der Waals surface area contributed by atoms with Crippen LogP contribution in [0.5, 0.6) is 0 Å². The number of carbonyl (C=O) groups is 1. The van der Waals surface area contributed by atoms with Crippen molar-refractivity contribution in [2.75, 3.05) is 13.1 Å². The van der Waals surface area contributed by atoms with Crippen molar-refractivity contribution in [1.82, 2.24) is 10.2 Å². The van der Waals surface area contributed by atoms with Gasteiger partial charge >= 0.3 is 0 Å². The second-order valence-electron chi connectivity index (χ2n) is 7.26. The van der Waals surface area contributed by atoms with Crippen molar-refractivity contribution in [3.8, 4) is 0 Å². The third-order valence-corrected chi connectivity index (χ3v) is 5.86. The predicted octanol–water partition coefficient (Wildman–Crippen LogP) is 3.18.